The van der Waals surface area contributed by atoms with E-state index in [1.54, 1.807) is 0 Å². The van der Waals surface area contributed by atoms with Crippen molar-refractivity contribution in [2.45, 2.75) is 41.5 Å². The molecular weight excluding hydrogens is 899 g/mol. The molecule has 0 spiro atoms. The number of hydrogen-bond donors (Lipinski definition) is 0. The molecule has 3 aromatic heterocycles. The number of aryl methyl sites for hydroxylation is 6. The van der Waals surface area contributed by atoms with Crippen LogP contribution in [0.15, 0.2) is 212 Å². The molecule has 354 valence electrons. The van der Waals surface area contributed by atoms with Crippen LogP contribution in [0.1, 0.15) is 33.4 Å². The van der Waals surface area contributed by atoms with Gasteiger partial charge >= 0.3 is 0 Å². The molecule has 5 heteroatoms. The zero-order valence-electron chi connectivity index (χ0n) is 42.4. The van der Waals surface area contributed by atoms with Gasteiger partial charge in [0.15, 0.2) is 17.5 Å². The summed E-state index contributed by atoms with van der Waals surface area (Å²) in [6.45, 7) is 13.3. The molecule has 10 aromatic carbocycles. The molecule has 0 aliphatic rings. The molecule has 0 radical (unpaired) electrons. The van der Waals surface area contributed by atoms with Gasteiger partial charge in [-0.05, 0) is 146 Å². The molecule has 13 aromatic rings. The summed E-state index contributed by atoms with van der Waals surface area (Å²) in [6.07, 6.45) is 0. The fourth-order valence-electron chi connectivity index (χ4n) is 12.0. The molecule has 0 bridgehead atoms. The summed E-state index contributed by atoms with van der Waals surface area (Å²) in [6, 6.07) is 76.8. The van der Waals surface area contributed by atoms with E-state index in [2.05, 4.69) is 227 Å². The number of fused-ring (bicyclic) bond motifs is 6. The van der Waals surface area contributed by atoms with E-state index in [4.69, 9.17) is 15.0 Å². The number of nitrogens with zero attached hydrogens (tertiary/aromatic N) is 5. The van der Waals surface area contributed by atoms with Crippen molar-refractivity contribution in [1.82, 2.24) is 24.1 Å². The van der Waals surface area contributed by atoms with Crippen LogP contribution in [-0.2, 0) is 0 Å². The molecule has 3 heterocycles. The summed E-state index contributed by atoms with van der Waals surface area (Å²) in [5, 5.41) is 4.76. The second kappa shape index (κ2) is 17.8. The highest BCUT2D eigenvalue weighted by molar-refractivity contribution is 6.15. The summed E-state index contributed by atoms with van der Waals surface area (Å²) < 4.78 is 4.85. The van der Waals surface area contributed by atoms with E-state index in [1.807, 2.05) is 36.4 Å². The van der Waals surface area contributed by atoms with Crippen LogP contribution in [0.4, 0.5) is 0 Å². The minimum absolute atomic E-state index is 0.588. The fourth-order valence-corrected chi connectivity index (χ4v) is 12.0. The number of rotatable bonds is 8. The van der Waals surface area contributed by atoms with E-state index in [-0.39, 0.29) is 0 Å². The minimum atomic E-state index is 0.588. The van der Waals surface area contributed by atoms with Gasteiger partial charge in [-0.3, -0.25) is 0 Å². The first-order valence-corrected chi connectivity index (χ1v) is 25.5. The Bertz CT molecular complexity index is 4130. The summed E-state index contributed by atoms with van der Waals surface area (Å²) in [7, 11) is 0. The van der Waals surface area contributed by atoms with Crippen LogP contribution < -0.4 is 0 Å². The Morgan fingerprint density at radius 1 is 0.297 bits per heavy atom. The van der Waals surface area contributed by atoms with E-state index in [0.29, 0.717) is 17.5 Å². The van der Waals surface area contributed by atoms with Gasteiger partial charge in [0.2, 0.25) is 0 Å². The first-order valence-electron chi connectivity index (χ1n) is 25.5. The van der Waals surface area contributed by atoms with Crippen molar-refractivity contribution >= 4 is 43.6 Å². The molecule has 0 atom stereocenters. The lowest BCUT2D eigenvalue weighted by atomic mass is 9.91. The summed E-state index contributed by atoms with van der Waals surface area (Å²) in [5.41, 5.74) is 24.1. The Hall–Kier alpha value is -9.19. The average molecular weight is 952 g/mol. The fraction of sp³-hybridized carbons (Fsp3) is 0.0870. The molecule has 13 rings (SSSR count). The molecule has 5 nitrogen and oxygen atoms in total. The Kier molecular flexibility index (Phi) is 10.8. The topological polar surface area (TPSA) is 48.5 Å². The van der Waals surface area contributed by atoms with E-state index in [0.717, 1.165) is 61.3 Å². The lowest BCUT2D eigenvalue weighted by Crippen LogP contribution is -2.04. The molecule has 0 aliphatic heterocycles. The summed E-state index contributed by atoms with van der Waals surface area (Å²) >= 11 is 0. The van der Waals surface area contributed by atoms with Crippen LogP contribution in [0.5, 0.6) is 0 Å². The molecule has 0 saturated carbocycles. The monoisotopic (exact) mass is 951 g/mol. The Morgan fingerprint density at radius 3 is 1.31 bits per heavy atom. The average Bonchev–Trinajstić information content (AvgIpc) is 3.93. The second-order valence-electron chi connectivity index (χ2n) is 20.0. The van der Waals surface area contributed by atoms with Crippen LogP contribution in [0.2, 0.25) is 0 Å². The third-order valence-electron chi connectivity index (χ3n) is 14.9. The van der Waals surface area contributed by atoms with E-state index >= 15 is 0 Å². The number of aromatic nitrogens is 5. The van der Waals surface area contributed by atoms with Crippen molar-refractivity contribution in [2.24, 2.45) is 0 Å². The highest BCUT2D eigenvalue weighted by Crippen LogP contribution is 2.44. The van der Waals surface area contributed by atoms with Crippen molar-refractivity contribution < 1.29 is 0 Å². The number of benzene rings is 10. The third-order valence-corrected chi connectivity index (χ3v) is 14.9. The van der Waals surface area contributed by atoms with Crippen molar-refractivity contribution in [3.05, 3.63) is 246 Å². The lowest BCUT2D eigenvalue weighted by Gasteiger charge is -2.18. The predicted molar refractivity (Wildman–Crippen MR) is 310 cm³/mol. The Labute approximate surface area is 431 Å². The number of para-hydroxylation sites is 3. The highest BCUT2D eigenvalue weighted by atomic mass is 15.1. The van der Waals surface area contributed by atoms with Crippen LogP contribution in [-0.4, -0.2) is 24.1 Å². The molecule has 0 N–H and O–H groups in total. The van der Waals surface area contributed by atoms with E-state index in [9.17, 15) is 0 Å². The molecule has 0 aliphatic carbocycles. The van der Waals surface area contributed by atoms with Gasteiger partial charge in [-0.1, -0.05) is 169 Å². The lowest BCUT2D eigenvalue weighted by molar-refractivity contribution is 1.06. The molecule has 74 heavy (non-hydrogen) atoms. The third kappa shape index (κ3) is 7.51. The normalized spacial score (nSPS) is 11.6. The van der Waals surface area contributed by atoms with Gasteiger partial charge in [-0.2, -0.15) is 0 Å². The SMILES string of the molecule is Cc1cc(C)c(-c2ccc3c(c2)c2cc(-c4c(C)cc(C)cc4C)ccc2n3-c2ccc(-c3cccc4c5ccccc5n(-c5ccccc5)c34)cc2-c2nc(-c3ccccc3)nc(-c3ccccc3)n2)c(C)c1. The van der Waals surface area contributed by atoms with Gasteiger partial charge < -0.3 is 9.13 Å². The molecular formula is C69H53N5. The van der Waals surface area contributed by atoms with E-state index < -0.39 is 0 Å². The van der Waals surface area contributed by atoms with Crippen molar-refractivity contribution in [1.29, 1.82) is 0 Å². The van der Waals surface area contributed by atoms with Crippen LogP contribution >= 0.6 is 0 Å². The maximum Gasteiger partial charge on any atom is 0.166 e. The van der Waals surface area contributed by atoms with Gasteiger partial charge in [0.05, 0.1) is 27.8 Å². The Balaban J connectivity index is 1.14. The van der Waals surface area contributed by atoms with Gasteiger partial charge in [0.25, 0.3) is 0 Å². The quantitative estimate of drug-likeness (QED) is 0.152. The molecule has 0 amide bonds. The van der Waals surface area contributed by atoms with Crippen LogP contribution in [0.3, 0.4) is 0 Å². The largest absolute Gasteiger partial charge is 0.309 e. The Morgan fingerprint density at radius 2 is 0.757 bits per heavy atom. The first-order chi connectivity index (χ1) is 36.2. The highest BCUT2D eigenvalue weighted by Gasteiger charge is 2.24. The number of hydrogen-bond acceptors (Lipinski definition) is 3. The van der Waals surface area contributed by atoms with Crippen LogP contribution in [0.25, 0.3) is 123 Å². The zero-order valence-corrected chi connectivity index (χ0v) is 42.4. The van der Waals surface area contributed by atoms with Gasteiger partial charge in [0.1, 0.15) is 0 Å². The maximum absolute atomic E-state index is 5.45. The van der Waals surface area contributed by atoms with Crippen molar-refractivity contribution in [2.75, 3.05) is 0 Å². The predicted octanol–water partition coefficient (Wildman–Crippen LogP) is 17.9. The van der Waals surface area contributed by atoms with Gasteiger partial charge in [-0.25, -0.2) is 15.0 Å². The maximum atomic E-state index is 5.45. The van der Waals surface area contributed by atoms with Gasteiger partial charge in [0, 0.05) is 49.5 Å². The van der Waals surface area contributed by atoms with E-state index in [1.165, 1.54) is 77.2 Å². The van der Waals surface area contributed by atoms with Gasteiger partial charge in [-0.15, -0.1) is 0 Å². The molecule has 0 saturated heterocycles. The van der Waals surface area contributed by atoms with Crippen molar-refractivity contribution in [3.8, 4) is 78.9 Å². The second-order valence-corrected chi connectivity index (χ2v) is 20.0. The molecule has 0 fully saturated rings. The van der Waals surface area contributed by atoms with Crippen molar-refractivity contribution in [3.63, 3.8) is 0 Å². The zero-order chi connectivity index (χ0) is 50.2. The summed E-state index contributed by atoms with van der Waals surface area (Å²) in [4.78, 5) is 16.1. The minimum Gasteiger partial charge on any atom is -0.309 e. The first kappa shape index (κ1) is 44.7. The molecule has 0 unspecified atom stereocenters. The van der Waals surface area contributed by atoms with Crippen LogP contribution in [0, 0.1) is 41.5 Å². The smallest absolute Gasteiger partial charge is 0.166 e. The standard InChI is InChI=1S/C69H53N5/c1-42-35-44(3)64(45(4)36-42)51-30-33-61-57(40-51)58-41-52(65-46(5)37-43(2)38-47(65)6)31-34-62(58)74(61)63-32-29-50(54-26-18-27-56-55-25-16-17-28-60(55)73(66(54)56)53-23-14-9-15-24-53)39-59(63)69-71-67(48-19-10-7-11-20-48)70-68(72-69)49-21-12-8-13-22-49/h7-41H,1-6H3. The summed E-state index contributed by atoms with van der Waals surface area (Å²) in [5.74, 6) is 1.81.